The maximum atomic E-state index is 13.1. The van der Waals surface area contributed by atoms with Crippen LogP contribution < -0.4 is 0 Å². The van der Waals surface area contributed by atoms with Gasteiger partial charge in [-0.25, -0.2) is 4.98 Å². The SMILES string of the molecule is COCCn1c(SC(C)C(=O)c2[nH]c(C)c(C(C)=O)c2C)nc2ccccc21. The van der Waals surface area contributed by atoms with E-state index in [1.54, 1.807) is 7.11 Å². The van der Waals surface area contributed by atoms with Gasteiger partial charge in [-0.05, 0) is 45.4 Å². The predicted molar refractivity (Wildman–Crippen MR) is 112 cm³/mol. The Bertz CT molecular complexity index is 1040. The highest BCUT2D eigenvalue weighted by Gasteiger charge is 2.26. The first-order valence-corrected chi connectivity index (χ1v) is 10.1. The molecule has 28 heavy (non-hydrogen) atoms. The molecule has 1 aromatic carbocycles. The first kappa shape index (κ1) is 20.4. The fourth-order valence-electron chi connectivity index (χ4n) is 3.48. The molecule has 0 fully saturated rings. The summed E-state index contributed by atoms with van der Waals surface area (Å²) in [6.45, 7) is 8.26. The number of benzene rings is 1. The Balaban J connectivity index is 1.91. The lowest BCUT2D eigenvalue weighted by molar-refractivity contribution is 0.0988. The number of H-pyrrole nitrogens is 1. The molecule has 0 saturated heterocycles. The molecule has 0 spiro atoms. The van der Waals surface area contributed by atoms with Crippen LogP contribution in [0.1, 0.15) is 46.0 Å². The molecule has 1 N–H and O–H groups in total. The quantitative estimate of drug-likeness (QED) is 0.454. The molecule has 1 unspecified atom stereocenters. The summed E-state index contributed by atoms with van der Waals surface area (Å²) in [7, 11) is 1.67. The minimum Gasteiger partial charge on any atom is -0.383 e. The van der Waals surface area contributed by atoms with E-state index in [9.17, 15) is 9.59 Å². The Morgan fingerprint density at radius 1 is 1.29 bits per heavy atom. The van der Waals surface area contributed by atoms with E-state index >= 15 is 0 Å². The van der Waals surface area contributed by atoms with Gasteiger partial charge in [0.05, 0.1) is 28.6 Å². The number of aromatic nitrogens is 3. The van der Waals surface area contributed by atoms with Crippen molar-refractivity contribution in [3.8, 4) is 0 Å². The van der Waals surface area contributed by atoms with Gasteiger partial charge in [-0.2, -0.15) is 0 Å². The number of para-hydroxylation sites is 2. The Labute approximate surface area is 168 Å². The second-order valence-electron chi connectivity index (χ2n) is 6.83. The number of Topliss-reactive ketones (excluding diaryl/α,β-unsaturated/α-hetero) is 2. The van der Waals surface area contributed by atoms with E-state index in [4.69, 9.17) is 9.72 Å². The maximum Gasteiger partial charge on any atom is 0.192 e. The Kier molecular flexibility index (Phi) is 6.05. The summed E-state index contributed by atoms with van der Waals surface area (Å²) in [6, 6.07) is 7.91. The second kappa shape index (κ2) is 8.32. The lowest BCUT2D eigenvalue weighted by Crippen LogP contribution is -2.17. The number of methoxy groups -OCH3 is 1. The number of hydrogen-bond donors (Lipinski definition) is 1. The molecule has 0 aliphatic carbocycles. The van der Waals surface area contributed by atoms with Crippen molar-refractivity contribution in [3.63, 3.8) is 0 Å². The molecule has 6 nitrogen and oxygen atoms in total. The number of imidazole rings is 1. The van der Waals surface area contributed by atoms with Crippen molar-refractivity contribution in [2.75, 3.05) is 13.7 Å². The van der Waals surface area contributed by atoms with Crippen molar-refractivity contribution in [1.82, 2.24) is 14.5 Å². The van der Waals surface area contributed by atoms with E-state index in [0.717, 1.165) is 27.4 Å². The number of nitrogens with zero attached hydrogens (tertiary/aromatic N) is 2. The van der Waals surface area contributed by atoms with Crippen LogP contribution in [0.15, 0.2) is 29.4 Å². The van der Waals surface area contributed by atoms with Crippen LogP contribution in [0.25, 0.3) is 11.0 Å². The van der Waals surface area contributed by atoms with Crippen molar-refractivity contribution >= 4 is 34.4 Å². The molecule has 1 atom stereocenters. The standard InChI is InChI=1S/C21H25N3O3S/c1-12-18(14(3)25)13(2)22-19(12)20(26)15(4)28-21-23-16-8-6-7-9-17(16)24(21)10-11-27-5/h6-9,15,22H,10-11H2,1-5H3. The first-order valence-electron chi connectivity index (χ1n) is 9.20. The van der Waals surface area contributed by atoms with Gasteiger partial charge in [0.25, 0.3) is 0 Å². The average Bonchev–Trinajstić information content (AvgIpc) is 3.15. The average molecular weight is 400 g/mol. The summed E-state index contributed by atoms with van der Waals surface area (Å²) in [4.78, 5) is 32.8. The number of ether oxygens (including phenoxy) is 1. The van der Waals surface area contributed by atoms with Crippen molar-refractivity contribution in [3.05, 3.63) is 46.8 Å². The fourth-order valence-corrected chi connectivity index (χ4v) is 4.49. The van der Waals surface area contributed by atoms with Crippen molar-refractivity contribution in [1.29, 1.82) is 0 Å². The lowest BCUT2D eigenvalue weighted by Gasteiger charge is -2.12. The molecule has 148 valence electrons. The summed E-state index contributed by atoms with van der Waals surface area (Å²) in [6.07, 6.45) is 0. The van der Waals surface area contributed by atoms with Gasteiger partial charge in [0.2, 0.25) is 0 Å². The van der Waals surface area contributed by atoms with Crippen LogP contribution in [0.2, 0.25) is 0 Å². The maximum absolute atomic E-state index is 13.1. The van der Waals surface area contributed by atoms with Crippen molar-refractivity contribution in [2.24, 2.45) is 0 Å². The predicted octanol–water partition coefficient (Wildman–Crippen LogP) is 4.19. The van der Waals surface area contributed by atoms with Crippen LogP contribution in [0.3, 0.4) is 0 Å². The van der Waals surface area contributed by atoms with Gasteiger partial charge < -0.3 is 14.3 Å². The second-order valence-corrected chi connectivity index (χ2v) is 8.14. The number of carbonyl (C=O) groups is 2. The number of nitrogens with one attached hydrogen (secondary N) is 1. The zero-order chi connectivity index (χ0) is 20.4. The van der Waals surface area contributed by atoms with Gasteiger partial charge in [-0.3, -0.25) is 9.59 Å². The monoisotopic (exact) mass is 399 g/mol. The van der Waals surface area contributed by atoms with Gasteiger partial charge in [0.15, 0.2) is 16.7 Å². The normalized spacial score (nSPS) is 12.5. The Hall–Kier alpha value is -2.38. The summed E-state index contributed by atoms with van der Waals surface area (Å²) in [5, 5.41) is 0.432. The van der Waals surface area contributed by atoms with E-state index in [0.29, 0.717) is 24.4 Å². The molecule has 0 radical (unpaired) electrons. The highest BCUT2D eigenvalue weighted by atomic mass is 32.2. The number of carbonyl (C=O) groups excluding carboxylic acids is 2. The topological polar surface area (TPSA) is 77.0 Å². The Morgan fingerprint density at radius 3 is 2.64 bits per heavy atom. The first-order chi connectivity index (χ1) is 13.3. The number of thioether (sulfide) groups is 1. The fraction of sp³-hybridized carbons (Fsp3) is 0.381. The van der Waals surface area contributed by atoms with Crippen LogP contribution in [0.5, 0.6) is 0 Å². The molecular formula is C21H25N3O3S. The number of rotatable bonds is 8. The van der Waals surface area contributed by atoms with Crippen LogP contribution >= 0.6 is 11.8 Å². The number of aryl methyl sites for hydroxylation is 1. The summed E-state index contributed by atoms with van der Waals surface area (Å²) < 4.78 is 7.32. The summed E-state index contributed by atoms with van der Waals surface area (Å²) in [5.74, 6) is -0.0737. The minimum absolute atomic E-state index is 0.0352. The number of aromatic amines is 1. The van der Waals surface area contributed by atoms with Crippen LogP contribution in [0, 0.1) is 13.8 Å². The zero-order valence-electron chi connectivity index (χ0n) is 16.8. The summed E-state index contributed by atoms with van der Waals surface area (Å²) >= 11 is 1.42. The molecule has 0 amide bonds. The number of ketones is 2. The molecule has 2 heterocycles. The molecular weight excluding hydrogens is 374 g/mol. The van der Waals surface area contributed by atoms with Crippen molar-refractivity contribution < 1.29 is 14.3 Å². The van der Waals surface area contributed by atoms with Gasteiger partial charge in [-0.1, -0.05) is 23.9 Å². The third kappa shape index (κ3) is 3.77. The highest BCUT2D eigenvalue weighted by molar-refractivity contribution is 8.00. The van der Waals surface area contributed by atoms with Crippen molar-refractivity contribution in [2.45, 2.75) is 44.6 Å². The third-order valence-corrected chi connectivity index (χ3v) is 5.92. The molecule has 7 heteroatoms. The molecule has 0 bridgehead atoms. The minimum atomic E-state index is -0.352. The largest absolute Gasteiger partial charge is 0.383 e. The number of fused-ring (bicyclic) bond motifs is 1. The Morgan fingerprint density at radius 2 is 2.00 bits per heavy atom. The van der Waals surface area contributed by atoms with E-state index in [1.807, 2.05) is 45.0 Å². The van der Waals surface area contributed by atoms with Gasteiger partial charge in [-0.15, -0.1) is 0 Å². The molecule has 0 saturated carbocycles. The molecule has 0 aliphatic rings. The van der Waals surface area contributed by atoms with E-state index < -0.39 is 0 Å². The summed E-state index contributed by atoms with van der Waals surface area (Å²) in [5.41, 5.74) is 4.47. The van der Waals surface area contributed by atoms with Gasteiger partial charge in [0.1, 0.15) is 0 Å². The molecule has 3 rings (SSSR count). The smallest absolute Gasteiger partial charge is 0.192 e. The van der Waals surface area contributed by atoms with Gasteiger partial charge in [0, 0.05) is 24.9 Å². The van der Waals surface area contributed by atoms with E-state index in [-0.39, 0.29) is 16.8 Å². The molecule has 3 aromatic rings. The van der Waals surface area contributed by atoms with Gasteiger partial charge >= 0.3 is 0 Å². The van der Waals surface area contributed by atoms with Crippen LogP contribution in [-0.2, 0) is 11.3 Å². The van der Waals surface area contributed by atoms with Crippen LogP contribution in [0.4, 0.5) is 0 Å². The van der Waals surface area contributed by atoms with E-state index in [1.165, 1.54) is 18.7 Å². The highest BCUT2D eigenvalue weighted by Crippen LogP contribution is 2.30. The third-order valence-electron chi connectivity index (χ3n) is 4.83. The number of hydrogen-bond acceptors (Lipinski definition) is 5. The zero-order valence-corrected chi connectivity index (χ0v) is 17.6. The lowest BCUT2D eigenvalue weighted by atomic mass is 10.0. The molecule has 0 aliphatic heterocycles. The molecule has 2 aromatic heterocycles. The van der Waals surface area contributed by atoms with E-state index in [2.05, 4.69) is 9.55 Å². The van der Waals surface area contributed by atoms with Crippen LogP contribution in [-0.4, -0.2) is 45.1 Å².